The summed E-state index contributed by atoms with van der Waals surface area (Å²) in [5.74, 6) is -1.06. The van der Waals surface area contributed by atoms with Crippen molar-refractivity contribution in [3.63, 3.8) is 0 Å². The number of hydrogen-bond donors (Lipinski definition) is 1. The van der Waals surface area contributed by atoms with E-state index < -0.39 is 5.82 Å². The maximum Gasteiger partial charge on any atom is 0.260 e. The van der Waals surface area contributed by atoms with E-state index >= 15 is 0 Å². The molecule has 4 nitrogen and oxygen atoms in total. The minimum atomic E-state index is -0.409. The summed E-state index contributed by atoms with van der Waals surface area (Å²) in [6.07, 6.45) is 0.797. The number of amides is 2. The third-order valence-electron chi connectivity index (χ3n) is 2.80. The molecule has 2 N–H and O–H groups in total. The Balaban J connectivity index is 2.15. The van der Waals surface area contributed by atoms with E-state index in [0.29, 0.717) is 18.5 Å². The highest BCUT2D eigenvalue weighted by molar-refractivity contribution is 6.05. The van der Waals surface area contributed by atoms with Crippen LogP contribution < -0.4 is 5.73 Å². The Labute approximate surface area is 98.2 Å². The van der Waals surface area contributed by atoms with Gasteiger partial charge in [0.2, 0.25) is 5.91 Å². The first-order valence-electron chi connectivity index (χ1n) is 5.44. The molecule has 1 atom stereocenters. The first-order chi connectivity index (χ1) is 8.08. The van der Waals surface area contributed by atoms with Crippen LogP contribution in [0, 0.1) is 5.82 Å². The zero-order valence-electron chi connectivity index (χ0n) is 9.23. The first-order valence-corrected chi connectivity index (χ1v) is 5.44. The lowest BCUT2D eigenvalue weighted by Crippen LogP contribution is -2.46. The van der Waals surface area contributed by atoms with E-state index in [1.54, 1.807) is 0 Å². The molecule has 0 spiro atoms. The molecule has 1 saturated heterocycles. The normalized spacial score (nSPS) is 20.5. The van der Waals surface area contributed by atoms with Gasteiger partial charge in [0.05, 0.1) is 0 Å². The van der Waals surface area contributed by atoms with Gasteiger partial charge in [0.1, 0.15) is 5.82 Å². The molecule has 0 radical (unpaired) electrons. The molecule has 0 aliphatic carbocycles. The van der Waals surface area contributed by atoms with Crippen LogP contribution in [0.15, 0.2) is 24.3 Å². The molecule has 17 heavy (non-hydrogen) atoms. The topological polar surface area (TPSA) is 63.4 Å². The highest BCUT2D eigenvalue weighted by Gasteiger charge is 2.28. The summed E-state index contributed by atoms with van der Waals surface area (Å²) in [5, 5.41) is 0. The first kappa shape index (κ1) is 11.7. The van der Waals surface area contributed by atoms with Gasteiger partial charge in [-0.2, -0.15) is 0 Å². The molecule has 1 aromatic rings. The fourth-order valence-corrected chi connectivity index (χ4v) is 1.82. The number of nitrogens with two attached hydrogens (primary N) is 1. The minimum absolute atomic E-state index is 0.167. The van der Waals surface area contributed by atoms with Crippen LogP contribution in [-0.2, 0) is 4.79 Å². The Morgan fingerprint density at radius 1 is 1.35 bits per heavy atom. The lowest BCUT2D eigenvalue weighted by Gasteiger charge is -2.28. The summed E-state index contributed by atoms with van der Waals surface area (Å²) >= 11 is 0. The van der Waals surface area contributed by atoms with E-state index in [-0.39, 0.29) is 24.3 Å². The smallest absolute Gasteiger partial charge is 0.260 e. The van der Waals surface area contributed by atoms with Crippen LogP contribution in [0.25, 0.3) is 0 Å². The lowest BCUT2D eigenvalue weighted by atomic mass is 10.0. The van der Waals surface area contributed by atoms with E-state index in [1.165, 1.54) is 29.2 Å². The van der Waals surface area contributed by atoms with Crippen LogP contribution in [0.1, 0.15) is 23.2 Å². The Hall–Kier alpha value is -1.75. The van der Waals surface area contributed by atoms with Crippen LogP contribution in [0.5, 0.6) is 0 Å². The van der Waals surface area contributed by atoms with Gasteiger partial charge in [-0.15, -0.1) is 0 Å². The van der Waals surface area contributed by atoms with Crippen molar-refractivity contribution >= 4 is 11.8 Å². The van der Waals surface area contributed by atoms with Crippen molar-refractivity contribution in [2.75, 3.05) is 6.54 Å². The van der Waals surface area contributed by atoms with Gasteiger partial charge in [0.15, 0.2) is 0 Å². The van der Waals surface area contributed by atoms with Crippen LogP contribution in [0.2, 0.25) is 0 Å². The van der Waals surface area contributed by atoms with Gasteiger partial charge in [-0.3, -0.25) is 14.5 Å². The summed E-state index contributed by atoms with van der Waals surface area (Å²) in [6.45, 7) is 0.330. The van der Waals surface area contributed by atoms with Gasteiger partial charge in [-0.1, -0.05) is 0 Å². The number of carbonyl (C=O) groups is 2. The lowest BCUT2D eigenvalue weighted by molar-refractivity contribution is -0.130. The molecule has 2 amide bonds. The van der Waals surface area contributed by atoms with Crippen molar-refractivity contribution in [3.05, 3.63) is 35.6 Å². The van der Waals surface area contributed by atoms with E-state index in [2.05, 4.69) is 0 Å². The quantitative estimate of drug-likeness (QED) is 0.737. The fraction of sp³-hybridized carbons (Fsp3) is 0.333. The van der Waals surface area contributed by atoms with E-state index in [4.69, 9.17) is 5.73 Å². The Kier molecular flexibility index (Phi) is 3.19. The summed E-state index contributed by atoms with van der Waals surface area (Å²) in [4.78, 5) is 24.8. The fourth-order valence-electron chi connectivity index (χ4n) is 1.82. The number of nitrogens with zero attached hydrogens (tertiary/aromatic N) is 1. The second kappa shape index (κ2) is 4.63. The molecule has 90 valence electrons. The standard InChI is InChI=1S/C12H13FN2O2/c13-9-3-1-8(2-4-9)12(17)15-6-5-10(14)7-11(15)16/h1-4,10H,5-7,14H2. The molecule has 0 bridgehead atoms. The SMILES string of the molecule is NC1CCN(C(=O)c2ccc(F)cc2)C(=O)C1. The van der Waals surface area contributed by atoms with E-state index in [1.807, 2.05) is 0 Å². The second-order valence-electron chi connectivity index (χ2n) is 4.11. The third kappa shape index (κ3) is 2.50. The second-order valence-corrected chi connectivity index (χ2v) is 4.11. The predicted molar refractivity (Wildman–Crippen MR) is 59.7 cm³/mol. The van der Waals surface area contributed by atoms with Crippen LogP contribution in [-0.4, -0.2) is 29.3 Å². The predicted octanol–water partition coefficient (Wildman–Crippen LogP) is 0.916. The maximum atomic E-state index is 12.7. The average molecular weight is 236 g/mol. The van der Waals surface area contributed by atoms with Crippen molar-refractivity contribution in [3.8, 4) is 0 Å². The number of likely N-dealkylation sites (tertiary alicyclic amines) is 1. The molecule has 1 heterocycles. The van der Waals surface area contributed by atoms with Gasteiger partial charge >= 0.3 is 0 Å². The molecule has 1 unspecified atom stereocenters. The van der Waals surface area contributed by atoms with Gasteiger partial charge < -0.3 is 5.73 Å². The monoisotopic (exact) mass is 236 g/mol. The summed E-state index contributed by atoms with van der Waals surface area (Å²) in [5.41, 5.74) is 5.95. The van der Waals surface area contributed by atoms with Crippen molar-refractivity contribution in [1.82, 2.24) is 4.90 Å². The largest absolute Gasteiger partial charge is 0.327 e. The molecule has 1 aliphatic heterocycles. The van der Waals surface area contributed by atoms with Crippen LogP contribution in [0.4, 0.5) is 4.39 Å². The van der Waals surface area contributed by atoms with Crippen molar-refractivity contribution < 1.29 is 14.0 Å². The molecule has 2 rings (SSSR count). The van der Waals surface area contributed by atoms with Crippen molar-refractivity contribution in [1.29, 1.82) is 0 Å². The van der Waals surface area contributed by atoms with Crippen molar-refractivity contribution in [2.45, 2.75) is 18.9 Å². The van der Waals surface area contributed by atoms with Gasteiger partial charge in [-0.25, -0.2) is 4.39 Å². The zero-order chi connectivity index (χ0) is 12.4. The zero-order valence-corrected chi connectivity index (χ0v) is 9.23. The number of benzene rings is 1. The van der Waals surface area contributed by atoms with Gasteiger partial charge in [0.25, 0.3) is 5.91 Å². The Morgan fingerprint density at radius 2 is 2.00 bits per heavy atom. The van der Waals surface area contributed by atoms with Crippen LogP contribution >= 0.6 is 0 Å². The molecule has 0 saturated carbocycles. The summed E-state index contributed by atoms with van der Waals surface area (Å²) < 4.78 is 12.7. The molecule has 5 heteroatoms. The molecule has 1 aliphatic rings. The summed E-state index contributed by atoms with van der Waals surface area (Å²) in [7, 11) is 0. The third-order valence-corrected chi connectivity index (χ3v) is 2.80. The van der Waals surface area contributed by atoms with Gasteiger partial charge in [-0.05, 0) is 30.7 Å². The van der Waals surface area contributed by atoms with E-state index in [0.717, 1.165) is 0 Å². The van der Waals surface area contributed by atoms with Crippen molar-refractivity contribution in [2.24, 2.45) is 5.73 Å². The average Bonchev–Trinajstić information content (AvgIpc) is 2.29. The number of rotatable bonds is 1. The molecular formula is C12H13FN2O2. The highest BCUT2D eigenvalue weighted by atomic mass is 19.1. The number of halogens is 1. The minimum Gasteiger partial charge on any atom is -0.327 e. The number of piperidine rings is 1. The molecule has 0 aromatic heterocycles. The van der Waals surface area contributed by atoms with Gasteiger partial charge in [0, 0.05) is 24.6 Å². The Bertz CT molecular complexity index is 444. The van der Waals surface area contributed by atoms with Crippen LogP contribution in [0.3, 0.4) is 0 Å². The number of hydrogen-bond acceptors (Lipinski definition) is 3. The molecule has 1 fully saturated rings. The molecular weight excluding hydrogens is 223 g/mol. The maximum absolute atomic E-state index is 12.7. The highest BCUT2D eigenvalue weighted by Crippen LogP contribution is 2.14. The number of imide groups is 1. The number of carbonyl (C=O) groups excluding carboxylic acids is 2. The van der Waals surface area contributed by atoms with E-state index in [9.17, 15) is 14.0 Å². The Morgan fingerprint density at radius 3 is 2.59 bits per heavy atom. The molecule has 1 aromatic carbocycles. The summed E-state index contributed by atoms with van der Waals surface area (Å²) in [6, 6.07) is 4.99.